The molecule has 0 N–H and O–H groups in total. The van der Waals surface area contributed by atoms with Gasteiger partial charge in [0, 0.05) is 28.0 Å². The molecule has 3 aliphatic heterocycles. The highest BCUT2D eigenvalue weighted by Crippen LogP contribution is 2.30. The molecule has 6 heteroatoms. The summed E-state index contributed by atoms with van der Waals surface area (Å²) >= 11 is 0. The SMILES string of the molecule is c1cc2cc(c1)OCCCCCCCCCCCCCCCCOc1ccc(cc1)-c1ccc3ccc4ccc(nc4c3n1)-c1ccc(cc1)OCCCCCCCCCCCCCCCCO2. The maximum atomic E-state index is 6.15. The fourth-order valence-corrected chi connectivity index (χ4v) is 9.60. The van der Waals surface area contributed by atoms with Crippen molar-refractivity contribution in [2.24, 2.45) is 0 Å². The molecule has 0 unspecified atom stereocenters. The third-order valence-corrected chi connectivity index (χ3v) is 13.8. The molecule has 5 heterocycles. The molecule has 2 aromatic heterocycles. The zero-order chi connectivity index (χ0) is 46.5. The van der Waals surface area contributed by atoms with Gasteiger partial charge in [-0.1, -0.05) is 184 Å². The highest BCUT2D eigenvalue weighted by atomic mass is 16.5. The average Bonchev–Trinajstić information content (AvgIpc) is 3.38. The Kier molecular flexibility index (Phi) is 22.7. The Morgan fingerprint density at radius 2 is 0.515 bits per heavy atom. The predicted molar refractivity (Wildman–Crippen MR) is 286 cm³/mol. The number of nitrogens with zero attached hydrogens (tertiary/aromatic N) is 2. The number of benzene rings is 4. The van der Waals surface area contributed by atoms with E-state index in [1.807, 2.05) is 0 Å². The molecule has 6 aromatic rings. The van der Waals surface area contributed by atoms with Crippen molar-refractivity contribution in [3.05, 3.63) is 109 Å². The highest BCUT2D eigenvalue weighted by Gasteiger charge is 2.10. The van der Waals surface area contributed by atoms with E-state index in [1.165, 1.54) is 154 Å². The predicted octanol–water partition coefficient (Wildman–Crippen LogP) is 18.3. The lowest BCUT2D eigenvalue weighted by Crippen LogP contribution is -2.00. The number of aromatic nitrogens is 2. The van der Waals surface area contributed by atoms with E-state index in [2.05, 4.69) is 109 Å². The molecule has 0 saturated carbocycles. The number of hydrogen-bond donors (Lipinski definition) is 0. The summed E-state index contributed by atoms with van der Waals surface area (Å²) < 4.78 is 24.4. The minimum atomic E-state index is 0.764. The zero-order valence-corrected chi connectivity index (χ0v) is 41.5. The van der Waals surface area contributed by atoms with Crippen LogP contribution < -0.4 is 18.9 Å². The van der Waals surface area contributed by atoms with E-state index >= 15 is 0 Å². The van der Waals surface area contributed by atoms with Gasteiger partial charge in [0.05, 0.1) is 48.8 Å². The third kappa shape index (κ3) is 18.1. The van der Waals surface area contributed by atoms with Crippen LogP contribution in [0.2, 0.25) is 0 Å². The zero-order valence-electron chi connectivity index (χ0n) is 41.5. The van der Waals surface area contributed by atoms with Crippen molar-refractivity contribution in [3.8, 4) is 45.5 Å². The summed E-state index contributed by atoms with van der Waals surface area (Å²) in [4.78, 5) is 10.3. The van der Waals surface area contributed by atoms with Crippen molar-refractivity contribution in [2.75, 3.05) is 26.4 Å². The van der Waals surface area contributed by atoms with E-state index in [4.69, 9.17) is 28.9 Å². The number of ether oxygens (including phenoxy) is 4. The summed E-state index contributed by atoms with van der Waals surface area (Å²) in [5.74, 6) is 3.70. The van der Waals surface area contributed by atoms with Crippen LogP contribution in [-0.4, -0.2) is 36.4 Å². The normalized spacial score (nSPS) is 17.8. The van der Waals surface area contributed by atoms with E-state index in [0.717, 1.165) is 119 Å². The Hall–Kier alpha value is -5.10. The van der Waals surface area contributed by atoms with E-state index < -0.39 is 0 Å². The molecule has 10 bridgehead atoms. The Bertz CT molecular complexity index is 2130. The first kappa shape index (κ1) is 50.8. The van der Waals surface area contributed by atoms with Gasteiger partial charge in [-0.15, -0.1) is 0 Å². The largest absolute Gasteiger partial charge is 0.494 e. The third-order valence-electron chi connectivity index (χ3n) is 13.8. The first-order valence-electron chi connectivity index (χ1n) is 27.3. The van der Waals surface area contributed by atoms with E-state index in [1.54, 1.807) is 0 Å². The van der Waals surface area contributed by atoms with Crippen molar-refractivity contribution in [3.63, 3.8) is 0 Å². The molecule has 0 amide bonds. The molecule has 0 fully saturated rings. The van der Waals surface area contributed by atoms with Gasteiger partial charge in [-0.05, 0) is 98.5 Å². The van der Waals surface area contributed by atoms with E-state index in [9.17, 15) is 0 Å². The molecule has 9 rings (SSSR count). The minimum absolute atomic E-state index is 0.764. The van der Waals surface area contributed by atoms with Crippen molar-refractivity contribution in [1.29, 1.82) is 0 Å². The Morgan fingerprint density at radius 3 is 0.824 bits per heavy atom. The lowest BCUT2D eigenvalue weighted by atomic mass is 10.0. The van der Waals surface area contributed by atoms with Gasteiger partial charge in [0.2, 0.25) is 0 Å². The Balaban J connectivity index is 0.843. The van der Waals surface area contributed by atoms with Crippen molar-refractivity contribution in [1.82, 2.24) is 9.97 Å². The average molecular weight is 919 g/mol. The molecule has 0 saturated heterocycles. The number of pyridine rings is 2. The molecule has 4 aromatic carbocycles. The van der Waals surface area contributed by atoms with Gasteiger partial charge in [0.15, 0.2) is 0 Å². The molecular formula is C62H82N2O4. The van der Waals surface area contributed by atoms with Gasteiger partial charge in [-0.3, -0.25) is 0 Å². The molecule has 68 heavy (non-hydrogen) atoms. The summed E-state index contributed by atoms with van der Waals surface area (Å²) in [5, 5.41) is 2.18. The lowest BCUT2D eigenvalue weighted by Gasteiger charge is -2.10. The van der Waals surface area contributed by atoms with Crippen LogP contribution >= 0.6 is 0 Å². The highest BCUT2D eigenvalue weighted by molar-refractivity contribution is 6.04. The monoisotopic (exact) mass is 919 g/mol. The molecule has 0 spiro atoms. The van der Waals surface area contributed by atoms with Crippen LogP contribution in [0.1, 0.15) is 180 Å². The van der Waals surface area contributed by atoms with Gasteiger partial charge in [0.1, 0.15) is 23.0 Å². The van der Waals surface area contributed by atoms with Crippen molar-refractivity contribution in [2.45, 2.75) is 180 Å². The smallest absolute Gasteiger partial charge is 0.122 e. The minimum Gasteiger partial charge on any atom is -0.494 e. The molecule has 6 nitrogen and oxygen atoms in total. The van der Waals surface area contributed by atoms with Crippen LogP contribution in [-0.2, 0) is 0 Å². The van der Waals surface area contributed by atoms with Crippen LogP contribution in [0.15, 0.2) is 109 Å². The Labute approximate surface area is 410 Å². The number of hydrogen-bond acceptors (Lipinski definition) is 6. The summed E-state index contributed by atoms with van der Waals surface area (Å²) in [6.45, 7) is 3.11. The van der Waals surface area contributed by atoms with Crippen molar-refractivity contribution >= 4 is 21.8 Å². The van der Waals surface area contributed by atoms with Gasteiger partial charge < -0.3 is 18.9 Å². The summed E-state index contributed by atoms with van der Waals surface area (Å²) in [7, 11) is 0. The fourth-order valence-electron chi connectivity index (χ4n) is 9.60. The first-order valence-corrected chi connectivity index (χ1v) is 27.3. The Morgan fingerprint density at radius 1 is 0.250 bits per heavy atom. The fraction of sp³-hybridized carbons (Fsp3) is 0.516. The van der Waals surface area contributed by atoms with E-state index in [0.29, 0.717) is 0 Å². The van der Waals surface area contributed by atoms with Gasteiger partial charge in [0.25, 0.3) is 0 Å². The van der Waals surface area contributed by atoms with Crippen LogP contribution in [0.3, 0.4) is 0 Å². The second-order valence-electron chi connectivity index (χ2n) is 19.4. The molecule has 364 valence electrons. The van der Waals surface area contributed by atoms with Crippen LogP contribution in [0, 0.1) is 0 Å². The molecule has 3 aliphatic rings. The van der Waals surface area contributed by atoms with Gasteiger partial charge in [-0.2, -0.15) is 0 Å². The van der Waals surface area contributed by atoms with Crippen LogP contribution in [0.5, 0.6) is 23.0 Å². The maximum Gasteiger partial charge on any atom is 0.122 e. The molecule has 0 atom stereocenters. The van der Waals surface area contributed by atoms with Crippen LogP contribution in [0.25, 0.3) is 44.3 Å². The van der Waals surface area contributed by atoms with Crippen molar-refractivity contribution < 1.29 is 18.9 Å². The molecule has 0 radical (unpaired) electrons. The van der Waals surface area contributed by atoms with Gasteiger partial charge in [-0.25, -0.2) is 9.97 Å². The summed E-state index contributed by atoms with van der Waals surface area (Å²) in [6, 6.07) is 37.9. The lowest BCUT2D eigenvalue weighted by molar-refractivity contribution is 0.289. The number of fused-ring (bicyclic) bond motifs is 2. The van der Waals surface area contributed by atoms with Crippen LogP contribution in [0.4, 0.5) is 0 Å². The summed E-state index contributed by atoms with van der Waals surface area (Å²) in [5.41, 5.74) is 5.87. The molecular weight excluding hydrogens is 837 g/mol. The summed E-state index contributed by atoms with van der Waals surface area (Å²) in [6.07, 6.45) is 36.5. The molecule has 0 aliphatic carbocycles. The van der Waals surface area contributed by atoms with E-state index in [-0.39, 0.29) is 0 Å². The first-order chi connectivity index (χ1) is 33.8. The maximum absolute atomic E-state index is 6.15. The number of rotatable bonds is 0. The van der Waals surface area contributed by atoms with Gasteiger partial charge >= 0.3 is 0 Å². The second kappa shape index (κ2) is 30.4. The topological polar surface area (TPSA) is 62.7 Å². The standard InChI is InChI=1S/C62H82N2O4/c1-3-7-11-15-19-23-27-48-67-57-30-29-31-58(50-57)68-49-28-24-20-16-12-8-4-2-6-10-14-18-22-26-47-66-56-42-36-52(37-43-56)60-45-39-54-33-32-53-38-44-59(63-61(53)62(54)64-60)51-34-40-55(41-35-51)65-46-25-21-17-13-9-5-1/h29-45,50H,1-28,46-49H2. The quantitative estimate of drug-likeness (QED) is 0.141. The second-order valence-corrected chi connectivity index (χ2v) is 19.4.